The van der Waals surface area contributed by atoms with Crippen LogP contribution in [-0.4, -0.2) is 6.61 Å². The van der Waals surface area contributed by atoms with Crippen molar-refractivity contribution in [3.05, 3.63) is 12.3 Å². The molecule has 2 heteroatoms. The van der Waals surface area contributed by atoms with Gasteiger partial charge in [-0.2, -0.15) is 0 Å². The lowest BCUT2D eigenvalue weighted by Gasteiger charge is -1.92. The summed E-state index contributed by atoms with van der Waals surface area (Å²) in [5.74, 6) is 0. The average Bonchev–Trinajstić information content (AvgIpc) is 1.81. The Hall–Kier alpha value is -0.500. The van der Waals surface area contributed by atoms with Crippen molar-refractivity contribution in [1.29, 1.82) is 0 Å². The van der Waals surface area contributed by atoms with Gasteiger partial charge in [-0.15, -0.1) is 5.48 Å². The van der Waals surface area contributed by atoms with Crippen molar-refractivity contribution in [2.24, 2.45) is 0 Å². The first-order valence-corrected chi connectivity index (χ1v) is 2.85. The minimum Gasteiger partial charge on any atom is -0.252 e. The first-order chi connectivity index (χ1) is 3.91. The molecule has 0 aromatic heterocycles. The fraction of sp³-hybridized carbons (Fsp3) is 0.667. The highest BCUT2D eigenvalue weighted by Crippen LogP contribution is 1.76. The highest BCUT2D eigenvalue weighted by atomic mass is 16.6. The van der Waals surface area contributed by atoms with Crippen LogP contribution in [0.1, 0.15) is 20.3 Å². The molecule has 0 heterocycles. The zero-order valence-corrected chi connectivity index (χ0v) is 5.42. The van der Waals surface area contributed by atoms with E-state index in [4.69, 9.17) is 4.84 Å². The van der Waals surface area contributed by atoms with Crippen molar-refractivity contribution in [3.8, 4) is 0 Å². The molecule has 2 nitrogen and oxygen atoms in total. The van der Waals surface area contributed by atoms with E-state index in [-0.39, 0.29) is 0 Å². The topological polar surface area (TPSA) is 23.3 Å². The van der Waals surface area contributed by atoms with Crippen molar-refractivity contribution in [3.63, 3.8) is 0 Å². The summed E-state index contributed by atoms with van der Waals surface area (Å²) in [5.41, 5.74) is 3.60. The smallest absolute Gasteiger partial charge is 0.0768 e. The molecule has 0 saturated heterocycles. The lowest BCUT2D eigenvalue weighted by Crippen LogP contribution is -1.98. The summed E-state index contributed by atoms with van der Waals surface area (Å²) in [6, 6.07) is 0. The first-order valence-electron chi connectivity index (χ1n) is 2.85. The molecule has 0 atom stereocenters. The van der Waals surface area contributed by atoms with Crippen LogP contribution in [0.5, 0.6) is 0 Å². The monoisotopic (exact) mass is 114 g/mol. The molecule has 0 spiro atoms. The van der Waals surface area contributed by atoms with Gasteiger partial charge in [-0.3, -0.25) is 4.84 Å². The van der Waals surface area contributed by atoms with Gasteiger partial charge in [-0.1, -0.05) is 13.0 Å². The van der Waals surface area contributed by atoms with E-state index in [1.54, 1.807) is 6.20 Å². The van der Waals surface area contributed by atoms with Crippen molar-refractivity contribution >= 4 is 0 Å². The Labute approximate surface area is 50.5 Å². The Morgan fingerprint density at radius 1 is 1.62 bits per heavy atom. The number of nitrogens with zero attached hydrogens (tertiary/aromatic N) is 1. The van der Waals surface area contributed by atoms with E-state index in [9.17, 15) is 0 Å². The number of hydrogen-bond acceptors (Lipinski definition) is 1. The highest BCUT2D eigenvalue weighted by Gasteiger charge is 1.76. The van der Waals surface area contributed by atoms with Crippen LogP contribution in [-0.2, 0) is 4.84 Å². The van der Waals surface area contributed by atoms with Gasteiger partial charge in [0, 0.05) is 0 Å². The largest absolute Gasteiger partial charge is 0.252 e. The van der Waals surface area contributed by atoms with Gasteiger partial charge in [-0.05, 0) is 13.3 Å². The van der Waals surface area contributed by atoms with E-state index in [1.807, 2.05) is 19.9 Å². The molecule has 0 aliphatic carbocycles. The molecule has 0 N–H and O–H groups in total. The maximum atomic E-state index is 4.76. The summed E-state index contributed by atoms with van der Waals surface area (Å²) >= 11 is 0. The van der Waals surface area contributed by atoms with Crippen LogP contribution >= 0.6 is 0 Å². The molecule has 0 aromatic rings. The number of rotatable bonds is 4. The van der Waals surface area contributed by atoms with Gasteiger partial charge >= 0.3 is 0 Å². The summed E-state index contributed by atoms with van der Waals surface area (Å²) in [4.78, 5) is 4.76. The van der Waals surface area contributed by atoms with E-state index >= 15 is 0 Å². The summed E-state index contributed by atoms with van der Waals surface area (Å²) in [5, 5.41) is 0. The highest BCUT2D eigenvalue weighted by molar-refractivity contribution is 4.68. The SMILES string of the molecule is CC=C[N]OCCC. The van der Waals surface area contributed by atoms with Gasteiger partial charge in [-0.25, -0.2) is 0 Å². The molecule has 0 unspecified atom stereocenters. The molecule has 8 heavy (non-hydrogen) atoms. The predicted molar refractivity (Wildman–Crippen MR) is 33.2 cm³/mol. The summed E-state index contributed by atoms with van der Waals surface area (Å²) in [7, 11) is 0. The predicted octanol–water partition coefficient (Wildman–Crippen LogP) is 1.47. The van der Waals surface area contributed by atoms with Crippen LogP contribution in [0.3, 0.4) is 0 Å². The van der Waals surface area contributed by atoms with Gasteiger partial charge < -0.3 is 0 Å². The fourth-order valence-corrected chi connectivity index (χ4v) is 0.248. The van der Waals surface area contributed by atoms with Gasteiger partial charge in [0.2, 0.25) is 0 Å². The second-order valence-corrected chi connectivity index (χ2v) is 1.42. The van der Waals surface area contributed by atoms with Gasteiger partial charge in [0.05, 0.1) is 12.8 Å². The second kappa shape index (κ2) is 6.50. The van der Waals surface area contributed by atoms with E-state index in [1.165, 1.54) is 0 Å². The Morgan fingerprint density at radius 3 is 2.88 bits per heavy atom. The van der Waals surface area contributed by atoms with Crippen molar-refractivity contribution in [2.45, 2.75) is 20.3 Å². The Kier molecular flexibility index (Phi) is 6.09. The lowest BCUT2D eigenvalue weighted by molar-refractivity contribution is 0.0641. The minimum absolute atomic E-state index is 0.713. The van der Waals surface area contributed by atoms with Crippen molar-refractivity contribution < 1.29 is 4.84 Å². The van der Waals surface area contributed by atoms with Crippen LogP contribution in [0.4, 0.5) is 0 Å². The van der Waals surface area contributed by atoms with E-state index < -0.39 is 0 Å². The minimum atomic E-state index is 0.713. The van der Waals surface area contributed by atoms with Crippen molar-refractivity contribution in [2.75, 3.05) is 6.61 Å². The molecule has 1 radical (unpaired) electrons. The maximum absolute atomic E-state index is 4.76. The molecule has 47 valence electrons. The molecule has 0 aliphatic rings. The third-order valence-corrected chi connectivity index (χ3v) is 0.580. The van der Waals surface area contributed by atoms with Gasteiger partial charge in [0.1, 0.15) is 0 Å². The second-order valence-electron chi connectivity index (χ2n) is 1.42. The van der Waals surface area contributed by atoms with E-state index in [0.717, 1.165) is 6.42 Å². The Balaban J connectivity index is 2.72. The molecule has 0 aliphatic heterocycles. The standard InChI is InChI=1S/C6H12NO/c1-3-5-7-8-6-4-2/h3,5H,4,6H2,1-2H3. The molecule has 0 bridgehead atoms. The van der Waals surface area contributed by atoms with E-state index in [2.05, 4.69) is 5.48 Å². The van der Waals surface area contributed by atoms with Crippen LogP contribution in [0.15, 0.2) is 12.3 Å². The number of hydrogen-bond donors (Lipinski definition) is 0. The lowest BCUT2D eigenvalue weighted by atomic mass is 10.5. The number of allylic oxidation sites excluding steroid dienone is 1. The summed E-state index contributed by atoms with van der Waals surface area (Å²) < 4.78 is 0. The van der Waals surface area contributed by atoms with Crippen LogP contribution < -0.4 is 5.48 Å². The first kappa shape index (κ1) is 7.50. The normalized spacial score (nSPS) is 10.2. The zero-order chi connectivity index (χ0) is 6.24. The summed E-state index contributed by atoms with van der Waals surface area (Å²) in [6.45, 7) is 4.66. The third kappa shape index (κ3) is 5.50. The Bertz CT molecular complexity index is 61.5. The third-order valence-electron chi connectivity index (χ3n) is 0.580. The quantitative estimate of drug-likeness (QED) is 0.401. The van der Waals surface area contributed by atoms with Gasteiger partial charge in [0.25, 0.3) is 0 Å². The molecular weight excluding hydrogens is 102 g/mol. The zero-order valence-electron chi connectivity index (χ0n) is 5.42. The molecule has 0 fully saturated rings. The summed E-state index contributed by atoms with van der Waals surface area (Å²) in [6.07, 6.45) is 4.48. The number of hydroxylamine groups is 1. The molecule has 0 saturated carbocycles. The molecule has 0 rings (SSSR count). The molecule has 0 amide bonds. The van der Waals surface area contributed by atoms with Crippen LogP contribution in [0.25, 0.3) is 0 Å². The van der Waals surface area contributed by atoms with E-state index in [0.29, 0.717) is 6.61 Å². The van der Waals surface area contributed by atoms with Crippen molar-refractivity contribution in [1.82, 2.24) is 5.48 Å². The molecular formula is C6H12NO. The average molecular weight is 114 g/mol. The van der Waals surface area contributed by atoms with Gasteiger partial charge in [0.15, 0.2) is 0 Å². The van der Waals surface area contributed by atoms with Crippen LogP contribution in [0, 0.1) is 0 Å². The maximum Gasteiger partial charge on any atom is 0.0768 e. The Morgan fingerprint density at radius 2 is 2.38 bits per heavy atom. The molecule has 0 aromatic carbocycles. The van der Waals surface area contributed by atoms with Crippen LogP contribution in [0.2, 0.25) is 0 Å². The fourth-order valence-electron chi connectivity index (χ4n) is 0.248.